The van der Waals surface area contributed by atoms with E-state index in [2.05, 4.69) is 63.3 Å². The fourth-order valence-electron chi connectivity index (χ4n) is 1.75. The van der Waals surface area contributed by atoms with Gasteiger partial charge < -0.3 is 5.32 Å². The Balaban J connectivity index is 2.50. The fraction of sp³-hybridized carbons (Fsp3) is 0.600. The van der Waals surface area contributed by atoms with Gasteiger partial charge in [-0.25, -0.2) is 0 Å². The molecule has 1 heteroatoms. The van der Waals surface area contributed by atoms with Crippen LogP contribution in [0.3, 0.4) is 0 Å². The predicted octanol–water partition coefficient (Wildman–Crippen LogP) is 4.02. The van der Waals surface area contributed by atoms with Crippen LogP contribution in [-0.4, -0.2) is 6.54 Å². The van der Waals surface area contributed by atoms with Crippen LogP contribution >= 0.6 is 0 Å². The summed E-state index contributed by atoms with van der Waals surface area (Å²) in [6.07, 6.45) is 1.15. The SMILES string of the molecule is CCC(NCC(C)C(C)C)c1ccccc1. The second-order valence-corrected chi connectivity index (χ2v) is 5.00. The lowest BCUT2D eigenvalue weighted by molar-refractivity contribution is 0.366. The molecule has 0 amide bonds. The molecule has 0 radical (unpaired) electrons. The summed E-state index contributed by atoms with van der Waals surface area (Å²) in [6, 6.07) is 11.2. The molecule has 16 heavy (non-hydrogen) atoms. The van der Waals surface area contributed by atoms with Crippen molar-refractivity contribution in [1.82, 2.24) is 5.32 Å². The van der Waals surface area contributed by atoms with Gasteiger partial charge in [0, 0.05) is 6.04 Å². The van der Waals surface area contributed by atoms with Crippen molar-refractivity contribution in [3.8, 4) is 0 Å². The molecule has 0 aliphatic heterocycles. The number of benzene rings is 1. The van der Waals surface area contributed by atoms with E-state index < -0.39 is 0 Å². The van der Waals surface area contributed by atoms with Gasteiger partial charge in [-0.2, -0.15) is 0 Å². The zero-order chi connectivity index (χ0) is 12.0. The second kappa shape index (κ2) is 6.70. The van der Waals surface area contributed by atoms with Crippen molar-refractivity contribution in [3.63, 3.8) is 0 Å². The molecule has 0 fully saturated rings. The third-order valence-corrected chi connectivity index (χ3v) is 3.43. The van der Waals surface area contributed by atoms with Crippen LogP contribution in [0.2, 0.25) is 0 Å². The van der Waals surface area contributed by atoms with E-state index in [0.717, 1.165) is 24.8 Å². The van der Waals surface area contributed by atoms with Crippen LogP contribution < -0.4 is 5.32 Å². The van der Waals surface area contributed by atoms with Crippen molar-refractivity contribution in [3.05, 3.63) is 35.9 Å². The smallest absolute Gasteiger partial charge is 0.0317 e. The first-order valence-electron chi connectivity index (χ1n) is 6.43. The molecular formula is C15H25N. The highest BCUT2D eigenvalue weighted by Gasteiger charge is 2.11. The highest BCUT2D eigenvalue weighted by Crippen LogP contribution is 2.17. The Kier molecular flexibility index (Phi) is 5.54. The van der Waals surface area contributed by atoms with Gasteiger partial charge in [-0.05, 0) is 30.4 Å². The Bertz CT molecular complexity index is 279. The van der Waals surface area contributed by atoms with E-state index in [4.69, 9.17) is 0 Å². The lowest BCUT2D eigenvalue weighted by Crippen LogP contribution is -2.28. The zero-order valence-electron chi connectivity index (χ0n) is 11.0. The van der Waals surface area contributed by atoms with E-state index >= 15 is 0 Å². The maximum atomic E-state index is 3.67. The Morgan fingerprint density at radius 3 is 2.19 bits per heavy atom. The van der Waals surface area contributed by atoms with Gasteiger partial charge in [0.2, 0.25) is 0 Å². The van der Waals surface area contributed by atoms with Gasteiger partial charge in [0.15, 0.2) is 0 Å². The quantitative estimate of drug-likeness (QED) is 0.762. The summed E-state index contributed by atoms with van der Waals surface area (Å²) in [4.78, 5) is 0. The fourth-order valence-corrected chi connectivity index (χ4v) is 1.75. The minimum atomic E-state index is 0.502. The molecule has 0 aliphatic rings. The standard InChI is InChI=1S/C15H25N/c1-5-15(14-9-7-6-8-10-14)16-11-13(4)12(2)3/h6-10,12-13,15-16H,5,11H2,1-4H3. The second-order valence-electron chi connectivity index (χ2n) is 5.00. The zero-order valence-corrected chi connectivity index (χ0v) is 11.0. The molecule has 0 heterocycles. The van der Waals surface area contributed by atoms with Crippen LogP contribution in [0, 0.1) is 11.8 Å². The van der Waals surface area contributed by atoms with Gasteiger partial charge in [-0.1, -0.05) is 58.0 Å². The van der Waals surface area contributed by atoms with Gasteiger partial charge in [-0.15, -0.1) is 0 Å². The van der Waals surface area contributed by atoms with E-state index in [0.29, 0.717) is 6.04 Å². The van der Waals surface area contributed by atoms with Crippen LogP contribution in [0.1, 0.15) is 45.7 Å². The molecule has 1 aromatic carbocycles. The molecule has 0 aliphatic carbocycles. The topological polar surface area (TPSA) is 12.0 Å². The summed E-state index contributed by atoms with van der Waals surface area (Å²) in [6.45, 7) is 10.2. The largest absolute Gasteiger partial charge is 0.310 e. The number of hydrogen-bond acceptors (Lipinski definition) is 1. The molecule has 0 saturated carbocycles. The molecule has 0 bridgehead atoms. The average molecular weight is 219 g/mol. The summed E-state index contributed by atoms with van der Waals surface area (Å²) < 4.78 is 0. The molecule has 1 rings (SSSR count). The summed E-state index contributed by atoms with van der Waals surface area (Å²) in [5, 5.41) is 3.67. The Morgan fingerprint density at radius 1 is 1.06 bits per heavy atom. The van der Waals surface area contributed by atoms with Gasteiger partial charge in [0.1, 0.15) is 0 Å². The third kappa shape index (κ3) is 3.97. The van der Waals surface area contributed by atoms with E-state index in [1.807, 2.05) is 0 Å². The van der Waals surface area contributed by atoms with Gasteiger partial charge in [-0.3, -0.25) is 0 Å². The van der Waals surface area contributed by atoms with E-state index in [9.17, 15) is 0 Å². The highest BCUT2D eigenvalue weighted by atomic mass is 14.9. The summed E-state index contributed by atoms with van der Waals surface area (Å²) in [5.74, 6) is 1.48. The van der Waals surface area contributed by atoms with Gasteiger partial charge >= 0.3 is 0 Å². The molecule has 2 unspecified atom stereocenters. The molecule has 2 atom stereocenters. The lowest BCUT2D eigenvalue weighted by atomic mass is 9.97. The maximum absolute atomic E-state index is 3.67. The molecule has 0 spiro atoms. The minimum absolute atomic E-state index is 0.502. The van der Waals surface area contributed by atoms with Crippen molar-refractivity contribution < 1.29 is 0 Å². The molecule has 1 aromatic rings. The minimum Gasteiger partial charge on any atom is -0.310 e. The first-order valence-corrected chi connectivity index (χ1v) is 6.43. The average Bonchev–Trinajstić information content (AvgIpc) is 2.30. The molecule has 1 nitrogen and oxygen atoms in total. The van der Waals surface area contributed by atoms with Gasteiger partial charge in [0.25, 0.3) is 0 Å². The number of rotatable bonds is 6. The number of nitrogens with one attached hydrogen (secondary N) is 1. The van der Waals surface area contributed by atoms with Crippen LogP contribution in [0.4, 0.5) is 0 Å². The molecule has 0 saturated heterocycles. The lowest BCUT2D eigenvalue weighted by Gasteiger charge is -2.22. The normalized spacial score (nSPS) is 15.1. The monoisotopic (exact) mass is 219 g/mol. The van der Waals surface area contributed by atoms with Crippen LogP contribution in [0.15, 0.2) is 30.3 Å². The molecule has 90 valence electrons. The first-order chi connectivity index (χ1) is 7.65. The van der Waals surface area contributed by atoms with E-state index in [-0.39, 0.29) is 0 Å². The van der Waals surface area contributed by atoms with Crippen LogP contribution in [0.5, 0.6) is 0 Å². The molecule has 0 aromatic heterocycles. The maximum Gasteiger partial charge on any atom is 0.0317 e. The van der Waals surface area contributed by atoms with Crippen molar-refractivity contribution in [2.24, 2.45) is 11.8 Å². The Labute approximate surface area is 100 Å². The predicted molar refractivity (Wildman–Crippen MR) is 71.5 cm³/mol. The van der Waals surface area contributed by atoms with E-state index in [1.165, 1.54) is 5.56 Å². The summed E-state index contributed by atoms with van der Waals surface area (Å²) >= 11 is 0. The van der Waals surface area contributed by atoms with Gasteiger partial charge in [0.05, 0.1) is 0 Å². The third-order valence-electron chi connectivity index (χ3n) is 3.43. The van der Waals surface area contributed by atoms with Crippen molar-refractivity contribution in [1.29, 1.82) is 0 Å². The number of hydrogen-bond donors (Lipinski definition) is 1. The summed E-state index contributed by atoms with van der Waals surface area (Å²) in [7, 11) is 0. The van der Waals surface area contributed by atoms with Crippen molar-refractivity contribution >= 4 is 0 Å². The van der Waals surface area contributed by atoms with E-state index in [1.54, 1.807) is 0 Å². The Hall–Kier alpha value is -0.820. The van der Waals surface area contributed by atoms with Crippen molar-refractivity contribution in [2.45, 2.75) is 40.2 Å². The highest BCUT2D eigenvalue weighted by molar-refractivity contribution is 5.18. The van der Waals surface area contributed by atoms with Crippen molar-refractivity contribution in [2.75, 3.05) is 6.54 Å². The first kappa shape index (κ1) is 13.2. The molecular weight excluding hydrogens is 194 g/mol. The van der Waals surface area contributed by atoms with Crippen LogP contribution in [0.25, 0.3) is 0 Å². The summed E-state index contributed by atoms with van der Waals surface area (Å²) in [5.41, 5.74) is 1.40. The van der Waals surface area contributed by atoms with Crippen LogP contribution in [-0.2, 0) is 0 Å². The molecule has 1 N–H and O–H groups in total. The Morgan fingerprint density at radius 2 is 1.69 bits per heavy atom.